The van der Waals surface area contributed by atoms with Crippen LogP contribution in [0.15, 0.2) is 12.2 Å². The molecule has 0 amide bonds. The average molecular weight is 829 g/mol. The summed E-state index contributed by atoms with van der Waals surface area (Å²) in [4.78, 5) is 34.6. The molecular formula is C48H93O8P. The van der Waals surface area contributed by atoms with E-state index < -0.39 is 26.5 Å². The predicted octanol–water partition coefficient (Wildman–Crippen LogP) is 15.6. The molecular weight excluding hydrogens is 735 g/mol. The fraction of sp³-hybridized carbons (Fsp3) is 0.917. The van der Waals surface area contributed by atoms with E-state index in [1.54, 1.807) is 0 Å². The molecule has 0 rings (SSSR count). The summed E-state index contributed by atoms with van der Waals surface area (Å²) in [6, 6.07) is 0. The van der Waals surface area contributed by atoms with Crippen molar-refractivity contribution in [2.75, 3.05) is 20.3 Å². The second kappa shape index (κ2) is 44.3. The smallest absolute Gasteiger partial charge is 0.462 e. The van der Waals surface area contributed by atoms with Gasteiger partial charge in [-0.05, 0) is 38.5 Å². The van der Waals surface area contributed by atoms with Gasteiger partial charge in [0.25, 0.3) is 0 Å². The Morgan fingerprint density at radius 1 is 0.474 bits per heavy atom. The molecule has 0 aromatic heterocycles. The third kappa shape index (κ3) is 44.2. The third-order valence-corrected chi connectivity index (χ3v) is 11.9. The summed E-state index contributed by atoms with van der Waals surface area (Å²) >= 11 is 0. The Balaban J connectivity index is 3.89. The van der Waals surface area contributed by atoms with Gasteiger partial charge in [0.1, 0.15) is 6.61 Å². The van der Waals surface area contributed by atoms with Crippen molar-refractivity contribution in [2.45, 2.75) is 264 Å². The van der Waals surface area contributed by atoms with Gasteiger partial charge in [0.15, 0.2) is 6.10 Å². The zero-order chi connectivity index (χ0) is 41.8. The van der Waals surface area contributed by atoms with Crippen LogP contribution in [0.2, 0.25) is 0 Å². The topological polar surface area (TPSA) is 108 Å². The number of rotatable bonds is 46. The summed E-state index contributed by atoms with van der Waals surface area (Å²) < 4.78 is 32.1. The Bertz CT molecular complexity index is 941. The van der Waals surface area contributed by atoms with Gasteiger partial charge < -0.3 is 14.4 Å². The number of phosphoric ester groups is 1. The first kappa shape index (κ1) is 55.8. The molecule has 0 aromatic carbocycles. The van der Waals surface area contributed by atoms with Crippen LogP contribution < -0.4 is 0 Å². The lowest BCUT2D eigenvalue weighted by Gasteiger charge is -2.19. The summed E-state index contributed by atoms with van der Waals surface area (Å²) in [5.41, 5.74) is 0. The van der Waals surface area contributed by atoms with Crippen LogP contribution in [0.1, 0.15) is 258 Å². The van der Waals surface area contributed by atoms with Crippen molar-refractivity contribution < 1.29 is 37.6 Å². The van der Waals surface area contributed by atoms with Crippen molar-refractivity contribution in [1.82, 2.24) is 0 Å². The second-order valence-electron chi connectivity index (χ2n) is 16.6. The van der Waals surface area contributed by atoms with E-state index in [1.165, 1.54) is 180 Å². The SMILES string of the molecule is CCCCCCCCC/C=C\CCCCCCCCCC(=O)OC(COC(=O)CCCCCCCCCCCCCCCCCCCCCC)COP(=O)(O)OC. The minimum Gasteiger partial charge on any atom is -0.462 e. The van der Waals surface area contributed by atoms with E-state index in [-0.39, 0.29) is 19.0 Å². The van der Waals surface area contributed by atoms with E-state index in [9.17, 15) is 19.0 Å². The highest BCUT2D eigenvalue weighted by Crippen LogP contribution is 2.42. The van der Waals surface area contributed by atoms with Gasteiger partial charge in [-0.1, -0.05) is 219 Å². The van der Waals surface area contributed by atoms with E-state index in [4.69, 9.17) is 14.0 Å². The Hall–Kier alpha value is -1.21. The van der Waals surface area contributed by atoms with Crippen LogP contribution in [0.5, 0.6) is 0 Å². The quantitative estimate of drug-likeness (QED) is 0.0280. The average Bonchev–Trinajstić information content (AvgIpc) is 3.20. The Kier molecular flexibility index (Phi) is 43.4. The van der Waals surface area contributed by atoms with Crippen molar-refractivity contribution in [1.29, 1.82) is 0 Å². The van der Waals surface area contributed by atoms with Crippen LogP contribution in [0, 0.1) is 0 Å². The first-order chi connectivity index (χ1) is 27.8. The lowest BCUT2D eigenvalue weighted by atomic mass is 10.0. The number of phosphoric acid groups is 1. The molecule has 2 unspecified atom stereocenters. The molecule has 0 bridgehead atoms. The molecule has 2 atom stereocenters. The first-order valence-electron chi connectivity index (χ1n) is 24.4. The van der Waals surface area contributed by atoms with Gasteiger partial charge in [0.05, 0.1) is 6.61 Å². The number of carbonyl (C=O) groups excluding carboxylic acids is 2. The molecule has 0 saturated heterocycles. The lowest BCUT2D eigenvalue weighted by Crippen LogP contribution is -2.29. The second-order valence-corrected chi connectivity index (χ2v) is 18.2. The van der Waals surface area contributed by atoms with E-state index in [0.717, 1.165) is 52.1 Å². The molecule has 57 heavy (non-hydrogen) atoms. The zero-order valence-corrected chi connectivity index (χ0v) is 38.7. The maximum Gasteiger partial charge on any atom is 0.472 e. The largest absolute Gasteiger partial charge is 0.472 e. The van der Waals surface area contributed by atoms with Gasteiger partial charge >= 0.3 is 19.8 Å². The summed E-state index contributed by atoms with van der Waals surface area (Å²) in [6.45, 7) is 3.93. The van der Waals surface area contributed by atoms with E-state index >= 15 is 0 Å². The summed E-state index contributed by atoms with van der Waals surface area (Å²) in [5, 5.41) is 0. The molecule has 338 valence electrons. The van der Waals surface area contributed by atoms with E-state index in [2.05, 4.69) is 30.5 Å². The lowest BCUT2D eigenvalue weighted by molar-refractivity contribution is -0.161. The standard InChI is InChI=1S/C48H93O8P/c1-4-6-8-10-12-14-16-18-20-22-24-25-27-28-30-32-34-36-38-40-42-47(49)54-44-46(45-55-57(51,52)53-3)56-48(50)43-41-39-37-35-33-31-29-26-23-21-19-17-15-13-11-9-7-5-2/h21,23,46H,4-20,22,24-45H2,1-3H3,(H,51,52)/b23-21-. The van der Waals surface area contributed by atoms with Crippen LogP contribution in [0.3, 0.4) is 0 Å². The molecule has 9 heteroatoms. The van der Waals surface area contributed by atoms with Crippen LogP contribution in [-0.4, -0.2) is 43.3 Å². The minimum atomic E-state index is -4.26. The molecule has 0 aliphatic carbocycles. The van der Waals surface area contributed by atoms with Gasteiger partial charge in [-0.25, -0.2) is 4.57 Å². The number of allylic oxidation sites excluding steroid dienone is 2. The van der Waals surface area contributed by atoms with Crippen molar-refractivity contribution in [3.63, 3.8) is 0 Å². The van der Waals surface area contributed by atoms with Gasteiger partial charge in [-0.2, -0.15) is 0 Å². The van der Waals surface area contributed by atoms with Crippen LogP contribution in [0.25, 0.3) is 0 Å². The predicted molar refractivity (Wildman–Crippen MR) is 240 cm³/mol. The van der Waals surface area contributed by atoms with Crippen molar-refractivity contribution in [3.05, 3.63) is 12.2 Å². The van der Waals surface area contributed by atoms with Crippen molar-refractivity contribution in [2.24, 2.45) is 0 Å². The molecule has 0 aliphatic heterocycles. The summed E-state index contributed by atoms with van der Waals surface area (Å²) in [5.74, 6) is -0.792. The highest BCUT2D eigenvalue weighted by atomic mass is 31.2. The van der Waals surface area contributed by atoms with Crippen LogP contribution >= 0.6 is 7.82 Å². The molecule has 0 saturated carbocycles. The number of unbranched alkanes of at least 4 members (excludes halogenated alkanes) is 33. The number of hydrogen-bond donors (Lipinski definition) is 1. The molecule has 0 aromatic rings. The zero-order valence-electron chi connectivity index (χ0n) is 37.8. The maximum atomic E-state index is 12.5. The van der Waals surface area contributed by atoms with Crippen LogP contribution in [0.4, 0.5) is 0 Å². The Morgan fingerprint density at radius 3 is 1.14 bits per heavy atom. The molecule has 0 radical (unpaired) electrons. The summed E-state index contributed by atoms with van der Waals surface area (Å²) in [7, 11) is -3.19. The van der Waals surface area contributed by atoms with Gasteiger partial charge in [-0.15, -0.1) is 0 Å². The van der Waals surface area contributed by atoms with Crippen molar-refractivity contribution >= 4 is 19.8 Å². The molecule has 0 fully saturated rings. The van der Waals surface area contributed by atoms with Gasteiger partial charge in [0.2, 0.25) is 0 Å². The number of hydrogen-bond acceptors (Lipinski definition) is 7. The van der Waals surface area contributed by atoms with Gasteiger partial charge in [-0.3, -0.25) is 18.6 Å². The Labute approximate surface area is 352 Å². The molecule has 0 heterocycles. The fourth-order valence-corrected chi connectivity index (χ4v) is 7.70. The minimum absolute atomic E-state index is 0.220. The monoisotopic (exact) mass is 829 g/mol. The fourth-order valence-electron chi connectivity index (χ4n) is 7.24. The number of ether oxygens (including phenoxy) is 2. The highest BCUT2D eigenvalue weighted by molar-refractivity contribution is 7.47. The molecule has 0 spiro atoms. The normalized spacial score (nSPS) is 13.3. The highest BCUT2D eigenvalue weighted by Gasteiger charge is 2.24. The van der Waals surface area contributed by atoms with E-state index in [0.29, 0.717) is 12.8 Å². The molecule has 8 nitrogen and oxygen atoms in total. The number of esters is 2. The first-order valence-corrected chi connectivity index (χ1v) is 25.9. The molecule has 1 N–H and O–H groups in total. The number of carbonyl (C=O) groups is 2. The van der Waals surface area contributed by atoms with Crippen LogP contribution in [-0.2, 0) is 32.7 Å². The van der Waals surface area contributed by atoms with Gasteiger partial charge in [0, 0.05) is 20.0 Å². The van der Waals surface area contributed by atoms with Crippen molar-refractivity contribution in [3.8, 4) is 0 Å². The maximum absolute atomic E-state index is 12.5. The summed E-state index contributed by atoms with van der Waals surface area (Å²) in [6.07, 6.45) is 49.8. The third-order valence-electron chi connectivity index (χ3n) is 11.0. The Morgan fingerprint density at radius 2 is 0.789 bits per heavy atom. The molecule has 0 aliphatic rings. The van der Waals surface area contributed by atoms with E-state index in [1.807, 2.05) is 0 Å².